The first-order valence-corrected chi connectivity index (χ1v) is 7.77. The third-order valence-corrected chi connectivity index (χ3v) is 3.72. The van der Waals surface area contributed by atoms with Crippen molar-refractivity contribution in [2.75, 3.05) is 19.5 Å². The van der Waals surface area contributed by atoms with Gasteiger partial charge in [0.05, 0.1) is 19.2 Å². The van der Waals surface area contributed by atoms with Crippen molar-refractivity contribution in [1.82, 2.24) is 0 Å². The van der Waals surface area contributed by atoms with Gasteiger partial charge >= 0.3 is 0 Å². The number of nitrogens with one attached hydrogen (secondary N) is 1. The summed E-state index contributed by atoms with van der Waals surface area (Å²) in [4.78, 5) is 12.3. The lowest BCUT2D eigenvalue weighted by Gasteiger charge is -2.10. The van der Waals surface area contributed by atoms with Crippen molar-refractivity contribution < 1.29 is 14.3 Å². The average Bonchev–Trinajstić information content (AvgIpc) is 2.60. The Morgan fingerprint density at radius 2 is 1.88 bits per heavy atom. The first-order chi connectivity index (χ1) is 12.0. The van der Waals surface area contributed by atoms with Crippen molar-refractivity contribution in [3.8, 4) is 17.6 Å². The maximum absolute atomic E-state index is 12.3. The summed E-state index contributed by atoms with van der Waals surface area (Å²) in [6, 6.07) is 12.4. The van der Waals surface area contributed by atoms with Gasteiger partial charge in [0.25, 0.3) is 5.91 Å². The Labute approximate surface area is 151 Å². The summed E-state index contributed by atoms with van der Waals surface area (Å²) in [5, 5.41) is 12.3. The summed E-state index contributed by atoms with van der Waals surface area (Å²) < 4.78 is 10.4. The minimum atomic E-state index is -0.503. The Morgan fingerprint density at radius 1 is 1.20 bits per heavy atom. The van der Waals surface area contributed by atoms with Gasteiger partial charge in [-0.15, -0.1) is 0 Å². The molecule has 0 saturated carbocycles. The molecule has 0 spiro atoms. The minimum Gasteiger partial charge on any atom is -0.493 e. The van der Waals surface area contributed by atoms with Gasteiger partial charge in [0.2, 0.25) is 0 Å². The smallest absolute Gasteiger partial charge is 0.266 e. The third kappa shape index (κ3) is 4.52. The molecule has 0 unspecified atom stereocenters. The largest absolute Gasteiger partial charge is 0.493 e. The number of nitrogens with zero attached hydrogens (tertiary/aromatic N) is 1. The molecule has 0 aliphatic rings. The first-order valence-electron chi connectivity index (χ1n) is 7.39. The fraction of sp³-hybridized carbons (Fsp3) is 0.158. The highest BCUT2D eigenvalue weighted by atomic mass is 35.5. The van der Waals surface area contributed by atoms with Gasteiger partial charge in [-0.2, -0.15) is 5.26 Å². The molecule has 0 radical (unpaired) electrons. The van der Waals surface area contributed by atoms with Gasteiger partial charge in [-0.25, -0.2) is 0 Å². The number of methoxy groups -OCH3 is 2. The number of anilines is 1. The zero-order chi connectivity index (χ0) is 18.4. The molecule has 6 heteroatoms. The fourth-order valence-electron chi connectivity index (χ4n) is 2.17. The van der Waals surface area contributed by atoms with Crippen LogP contribution in [0.5, 0.6) is 11.5 Å². The summed E-state index contributed by atoms with van der Waals surface area (Å²) in [6.45, 7) is 1.95. The molecule has 1 N–H and O–H groups in total. The van der Waals surface area contributed by atoms with Crippen LogP contribution in [0, 0.1) is 18.3 Å². The van der Waals surface area contributed by atoms with Crippen LogP contribution in [-0.4, -0.2) is 20.1 Å². The Bertz CT molecular complexity index is 852. The maximum atomic E-state index is 12.3. The van der Waals surface area contributed by atoms with E-state index < -0.39 is 5.91 Å². The molecule has 2 aromatic carbocycles. The lowest BCUT2D eigenvalue weighted by Crippen LogP contribution is -2.13. The average molecular weight is 357 g/mol. The van der Waals surface area contributed by atoms with E-state index in [4.69, 9.17) is 21.1 Å². The van der Waals surface area contributed by atoms with E-state index in [0.717, 1.165) is 5.56 Å². The van der Waals surface area contributed by atoms with Gasteiger partial charge in [-0.1, -0.05) is 29.3 Å². The molecule has 2 rings (SSSR count). The number of ether oxygens (including phenoxy) is 2. The predicted octanol–water partition coefficient (Wildman–Crippen LogP) is 4.21. The van der Waals surface area contributed by atoms with Gasteiger partial charge in [0, 0.05) is 5.69 Å². The van der Waals surface area contributed by atoms with E-state index in [-0.39, 0.29) is 5.57 Å². The molecule has 1 amide bonds. The molecule has 5 nitrogen and oxygen atoms in total. The van der Waals surface area contributed by atoms with Crippen molar-refractivity contribution >= 4 is 29.3 Å². The van der Waals surface area contributed by atoms with E-state index in [1.165, 1.54) is 20.3 Å². The van der Waals surface area contributed by atoms with Crippen molar-refractivity contribution in [3.63, 3.8) is 0 Å². The Balaban J connectivity index is 2.30. The van der Waals surface area contributed by atoms with Crippen LogP contribution in [0.25, 0.3) is 6.08 Å². The van der Waals surface area contributed by atoms with E-state index in [9.17, 15) is 10.1 Å². The number of carbonyl (C=O) groups excluding carboxylic acids is 1. The topological polar surface area (TPSA) is 71.3 Å². The summed E-state index contributed by atoms with van der Waals surface area (Å²) >= 11 is 6.15. The number of hydrogen-bond acceptors (Lipinski definition) is 4. The predicted molar refractivity (Wildman–Crippen MR) is 98.0 cm³/mol. The summed E-state index contributed by atoms with van der Waals surface area (Å²) in [5.74, 6) is 0.304. The normalized spacial score (nSPS) is 10.8. The van der Waals surface area contributed by atoms with Crippen LogP contribution in [0.15, 0.2) is 42.0 Å². The number of halogens is 1. The maximum Gasteiger partial charge on any atom is 0.266 e. The van der Waals surface area contributed by atoms with Crippen molar-refractivity contribution in [1.29, 1.82) is 5.26 Å². The second-order valence-electron chi connectivity index (χ2n) is 5.23. The number of aryl methyl sites for hydroxylation is 1. The van der Waals surface area contributed by atoms with Crippen molar-refractivity contribution in [2.45, 2.75) is 6.92 Å². The van der Waals surface area contributed by atoms with Crippen LogP contribution in [-0.2, 0) is 4.79 Å². The summed E-state index contributed by atoms with van der Waals surface area (Å²) in [5.41, 5.74) is 2.19. The van der Waals surface area contributed by atoms with Crippen molar-refractivity contribution in [3.05, 3.63) is 58.1 Å². The van der Waals surface area contributed by atoms with Crippen LogP contribution < -0.4 is 14.8 Å². The van der Waals surface area contributed by atoms with E-state index >= 15 is 0 Å². The second-order valence-corrected chi connectivity index (χ2v) is 5.64. The molecule has 0 heterocycles. The zero-order valence-electron chi connectivity index (χ0n) is 14.1. The molecule has 0 bridgehead atoms. The Kier molecular flexibility index (Phi) is 6.04. The van der Waals surface area contributed by atoms with Crippen LogP contribution in [0.4, 0.5) is 5.69 Å². The van der Waals surface area contributed by atoms with E-state index in [2.05, 4.69) is 5.32 Å². The Morgan fingerprint density at radius 3 is 2.44 bits per heavy atom. The van der Waals surface area contributed by atoms with Gasteiger partial charge in [0.15, 0.2) is 11.5 Å². The van der Waals surface area contributed by atoms with Crippen LogP contribution in [0.1, 0.15) is 11.1 Å². The van der Waals surface area contributed by atoms with E-state index in [1.54, 1.807) is 24.3 Å². The quantitative estimate of drug-likeness (QED) is 0.643. The van der Waals surface area contributed by atoms with E-state index in [1.807, 2.05) is 25.1 Å². The number of rotatable bonds is 5. The van der Waals surface area contributed by atoms with Gasteiger partial charge in [0.1, 0.15) is 11.6 Å². The van der Waals surface area contributed by atoms with Crippen LogP contribution in [0.3, 0.4) is 0 Å². The molecule has 0 aliphatic carbocycles. The molecule has 0 aliphatic heterocycles. The molecule has 128 valence electrons. The van der Waals surface area contributed by atoms with Gasteiger partial charge in [-0.05, 0) is 42.8 Å². The number of amides is 1. The first kappa shape index (κ1) is 18.4. The van der Waals surface area contributed by atoms with Crippen LogP contribution in [0.2, 0.25) is 5.02 Å². The molecule has 25 heavy (non-hydrogen) atoms. The highest BCUT2D eigenvalue weighted by Gasteiger charge is 2.13. The second kappa shape index (κ2) is 8.22. The highest BCUT2D eigenvalue weighted by Crippen LogP contribution is 2.36. The number of carbonyl (C=O) groups is 1. The SMILES string of the molecule is COc1cc(/C=C(/C#N)C(=O)Nc2ccc(C)cc2)cc(Cl)c1OC. The zero-order valence-corrected chi connectivity index (χ0v) is 14.8. The monoisotopic (exact) mass is 356 g/mol. The number of benzene rings is 2. The molecular weight excluding hydrogens is 340 g/mol. The van der Waals surface area contributed by atoms with Crippen LogP contribution >= 0.6 is 11.6 Å². The Hall–Kier alpha value is -2.97. The van der Waals surface area contributed by atoms with Crippen molar-refractivity contribution in [2.24, 2.45) is 0 Å². The van der Waals surface area contributed by atoms with Gasteiger partial charge < -0.3 is 14.8 Å². The third-order valence-electron chi connectivity index (χ3n) is 3.44. The minimum absolute atomic E-state index is 0.0520. The lowest BCUT2D eigenvalue weighted by atomic mass is 10.1. The number of nitriles is 1. The molecule has 0 fully saturated rings. The fourth-order valence-corrected chi connectivity index (χ4v) is 2.47. The molecular formula is C19H17ClN2O3. The lowest BCUT2D eigenvalue weighted by molar-refractivity contribution is -0.112. The molecule has 0 atom stereocenters. The number of hydrogen-bond donors (Lipinski definition) is 1. The highest BCUT2D eigenvalue weighted by molar-refractivity contribution is 6.32. The van der Waals surface area contributed by atoms with Gasteiger partial charge in [-0.3, -0.25) is 4.79 Å². The summed E-state index contributed by atoms with van der Waals surface area (Å²) in [7, 11) is 2.96. The molecule has 0 saturated heterocycles. The van der Waals surface area contributed by atoms with E-state index in [0.29, 0.717) is 27.8 Å². The summed E-state index contributed by atoms with van der Waals surface area (Å²) in [6.07, 6.45) is 1.44. The molecule has 0 aromatic heterocycles. The standard InChI is InChI=1S/C19H17ClN2O3/c1-12-4-6-15(7-5-12)22-19(23)14(11-21)8-13-9-16(20)18(25-3)17(10-13)24-2/h4-10H,1-3H3,(H,22,23)/b14-8-. The molecule has 2 aromatic rings.